The van der Waals surface area contributed by atoms with Crippen LogP contribution in [-0.4, -0.2) is 30.7 Å². The Kier molecular flexibility index (Phi) is 8.76. The summed E-state index contributed by atoms with van der Waals surface area (Å²) < 4.78 is 6.34. The summed E-state index contributed by atoms with van der Waals surface area (Å²) in [4.78, 5) is 24.8. The Hall–Kier alpha value is -2.59. The number of fused-ring (bicyclic) bond motifs is 1. The molecule has 7 heteroatoms. The van der Waals surface area contributed by atoms with Crippen LogP contribution in [-0.2, 0) is 16.0 Å². The minimum absolute atomic E-state index is 0.330. The van der Waals surface area contributed by atoms with E-state index >= 15 is 0 Å². The first kappa shape index (κ1) is 21.7. The number of nitrogens with zero attached hydrogens (tertiary/aromatic N) is 1. The van der Waals surface area contributed by atoms with Gasteiger partial charge >= 0.3 is 6.09 Å². The van der Waals surface area contributed by atoms with Gasteiger partial charge in [0.15, 0.2) is 0 Å². The number of benzene rings is 1. The number of hydrogen-bond donors (Lipinski definition) is 2. The zero-order chi connectivity index (χ0) is 20.4. The minimum Gasteiger partial charge on any atom is -0.450 e. The maximum atomic E-state index is 12.6. The van der Waals surface area contributed by atoms with E-state index < -0.39 is 24.1 Å². The predicted octanol–water partition coefficient (Wildman–Crippen LogP) is 4.15. The summed E-state index contributed by atoms with van der Waals surface area (Å²) in [5, 5.41) is 17.3. The van der Waals surface area contributed by atoms with Crippen molar-refractivity contribution in [1.29, 1.82) is 5.26 Å². The molecule has 1 heterocycles. The average molecular weight is 402 g/mol. The summed E-state index contributed by atoms with van der Waals surface area (Å²) >= 11 is 1.60. The third-order valence-electron chi connectivity index (χ3n) is 4.38. The Balaban J connectivity index is 2.03. The summed E-state index contributed by atoms with van der Waals surface area (Å²) in [6.07, 6.45) is 3.75. The van der Waals surface area contributed by atoms with Gasteiger partial charge in [0.1, 0.15) is 12.1 Å². The van der Waals surface area contributed by atoms with Crippen molar-refractivity contribution < 1.29 is 14.3 Å². The van der Waals surface area contributed by atoms with Gasteiger partial charge in [-0.3, -0.25) is 4.79 Å². The van der Waals surface area contributed by atoms with Crippen molar-refractivity contribution in [3.8, 4) is 6.07 Å². The predicted molar refractivity (Wildman–Crippen MR) is 111 cm³/mol. The highest BCUT2D eigenvalue weighted by atomic mass is 32.1. The van der Waals surface area contributed by atoms with Crippen LogP contribution in [0.4, 0.5) is 4.79 Å². The van der Waals surface area contributed by atoms with Crippen molar-refractivity contribution in [2.75, 3.05) is 6.61 Å². The van der Waals surface area contributed by atoms with Crippen LogP contribution >= 0.6 is 11.3 Å². The lowest BCUT2D eigenvalue weighted by Gasteiger charge is -2.19. The van der Waals surface area contributed by atoms with Crippen molar-refractivity contribution in [1.82, 2.24) is 10.6 Å². The molecule has 0 fully saturated rings. The molecule has 2 aromatic rings. The molecule has 0 radical (unpaired) electrons. The fourth-order valence-corrected chi connectivity index (χ4v) is 3.82. The second-order valence-electron chi connectivity index (χ2n) is 6.71. The van der Waals surface area contributed by atoms with E-state index in [0.717, 1.165) is 41.3 Å². The van der Waals surface area contributed by atoms with Crippen LogP contribution in [0.5, 0.6) is 0 Å². The molecule has 0 aliphatic heterocycles. The highest BCUT2D eigenvalue weighted by molar-refractivity contribution is 7.17. The van der Waals surface area contributed by atoms with Crippen molar-refractivity contribution in [3.05, 3.63) is 35.2 Å². The Morgan fingerprint density at radius 2 is 2.00 bits per heavy atom. The van der Waals surface area contributed by atoms with Crippen LogP contribution in [0.15, 0.2) is 29.6 Å². The first-order valence-electron chi connectivity index (χ1n) is 9.63. The van der Waals surface area contributed by atoms with E-state index in [2.05, 4.69) is 17.6 Å². The van der Waals surface area contributed by atoms with E-state index in [4.69, 9.17) is 10.00 Å². The lowest BCUT2D eigenvalue weighted by Crippen LogP contribution is -2.50. The van der Waals surface area contributed by atoms with Crippen LogP contribution in [0.25, 0.3) is 10.1 Å². The van der Waals surface area contributed by atoms with Gasteiger partial charge in [-0.2, -0.15) is 5.26 Å². The van der Waals surface area contributed by atoms with Crippen molar-refractivity contribution in [2.24, 2.45) is 0 Å². The molecular weight excluding hydrogens is 374 g/mol. The summed E-state index contributed by atoms with van der Waals surface area (Å²) in [5.41, 5.74) is 0.980. The number of thiophene rings is 1. The molecule has 1 aromatic carbocycles. The van der Waals surface area contributed by atoms with Crippen LogP contribution in [0.1, 0.15) is 45.1 Å². The fourth-order valence-electron chi connectivity index (χ4n) is 2.84. The average Bonchev–Trinajstić information content (AvgIpc) is 3.10. The first-order valence-corrected chi connectivity index (χ1v) is 10.5. The van der Waals surface area contributed by atoms with Crippen LogP contribution < -0.4 is 10.6 Å². The largest absolute Gasteiger partial charge is 0.450 e. The molecule has 0 spiro atoms. The SMILES string of the molecule is CCCCCCOC(=O)NC(Cc1csc2ccccc12)C(=O)NC(C)C#N. The minimum atomic E-state index is -0.808. The third-order valence-corrected chi connectivity index (χ3v) is 5.39. The van der Waals surface area contributed by atoms with E-state index in [1.165, 1.54) is 0 Å². The summed E-state index contributed by atoms with van der Waals surface area (Å²) in [6, 6.07) is 8.46. The molecule has 0 saturated heterocycles. The molecule has 2 N–H and O–H groups in total. The van der Waals surface area contributed by atoms with E-state index in [1.807, 2.05) is 35.7 Å². The van der Waals surface area contributed by atoms with Crippen LogP contribution in [0, 0.1) is 11.3 Å². The normalized spacial score (nSPS) is 12.8. The van der Waals surface area contributed by atoms with Crippen molar-refractivity contribution >= 4 is 33.4 Å². The van der Waals surface area contributed by atoms with Gasteiger partial charge in [0, 0.05) is 11.1 Å². The molecule has 6 nitrogen and oxygen atoms in total. The summed E-state index contributed by atoms with van der Waals surface area (Å²) in [6.45, 7) is 4.05. The Morgan fingerprint density at radius 1 is 1.21 bits per heavy atom. The van der Waals surface area contributed by atoms with Crippen molar-refractivity contribution in [2.45, 2.75) is 58.0 Å². The van der Waals surface area contributed by atoms with E-state index in [1.54, 1.807) is 18.3 Å². The number of amides is 2. The molecule has 0 saturated carbocycles. The first-order chi connectivity index (χ1) is 13.5. The van der Waals surface area contributed by atoms with Crippen LogP contribution in [0.3, 0.4) is 0 Å². The molecule has 1 aromatic heterocycles. The fraction of sp³-hybridized carbons (Fsp3) is 0.476. The standard InChI is InChI=1S/C21H27N3O3S/c1-3-4-5-8-11-27-21(26)24-18(20(25)23-15(2)13-22)12-16-14-28-19-10-7-6-9-17(16)19/h6-7,9-10,14-15,18H,3-5,8,11-12H2,1-2H3,(H,23,25)(H,24,26). The monoisotopic (exact) mass is 401 g/mol. The zero-order valence-corrected chi connectivity index (χ0v) is 17.2. The Bertz CT molecular complexity index is 828. The number of carbonyl (C=O) groups is 2. The number of nitrogens with one attached hydrogen (secondary N) is 2. The van der Waals surface area contributed by atoms with Gasteiger partial charge in [0.25, 0.3) is 0 Å². The number of hydrogen-bond acceptors (Lipinski definition) is 5. The number of carbonyl (C=O) groups excluding carboxylic acids is 2. The molecule has 2 unspecified atom stereocenters. The quantitative estimate of drug-likeness (QED) is 0.585. The van der Waals surface area contributed by atoms with E-state index in [0.29, 0.717) is 13.0 Å². The zero-order valence-electron chi connectivity index (χ0n) is 16.4. The molecular formula is C21H27N3O3S. The molecule has 28 heavy (non-hydrogen) atoms. The lowest BCUT2D eigenvalue weighted by molar-refractivity contribution is -0.123. The molecule has 0 bridgehead atoms. The smallest absolute Gasteiger partial charge is 0.407 e. The van der Waals surface area contributed by atoms with Crippen LogP contribution in [0.2, 0.25) is 0 Å². The van der Waals surface area contributed by atoms with E-state index in [-0.39, 0.29) is 0 Å². The third kappa shape index (κ3) is 6.54. The number of alkyl carbamates (subject to hydrolysis) is 1. The van der Waals surface area contributed by atoms with Crippen molar-refractivity contribution in [3.63, 3.8) is 0 Å². The molecule has 2 amide bonds. The Labute approximate surface area is 169 Å². The number of unbranched alkanes of at least 4 members (excludes halogenated alkanes) is 3. The summed E-state index contributed by atoms with van der Waals surface area (Å²) in [5.74, 6) is -0.396. The highest BCUT2D eigenvalue weighted by Crippen LogP contribution is 2.26. The summed E-state index contributed by atoms with van der Waals surface area (Å²) in [7, 11) is 0. The van der Waals surface area contributed by atoms with Gasteiger partial charge in [-0.05, 0) is 35.7 Å². The number of rotatable bonds is 10. The molecule has 2 rings (SSSR count). The van der Waals surface area contributed by atoms with Gasteiger partial charge in [0.05, 0.1) is 12.7 Å². The van der Waals surface area contributed by atoms with Gasteiger partial charge in [-0.15, -0.1) is 11.3 Å². The van der Waals surface area contributed by atoms with Gasteiger partial charge < -0.3 is 15.4 Å². The van der Waals surface area contributed by atoms with Gasteiger partial charge in [-0.1, -0.05) is 44.4 Å². The van der Waals surface area contributed by atoms with Gasteiger partial charge in [-0.25, -0.2) is 4.79 Å². The molecule has 2 atom stereocenters. The second kappa shape index (κ2) is 11.3. The Morgan fingerprint density at radius 3 is 2.75 bits per heavy atom. The maximum absolute atomic E-state index is 12.6. The molecule has 0 aliphatic carbocycles. The number of nitriles is 1. The second-order valence-corrected chi connectivity index (χ2v) is 7.63. The van der Waals surface area contributed by atoms with E-state index in [9.17, 15) is 9.59 Å². The van der Waals surface area contributed by atoms with Gasteiger partial charge in [0.2, 0.25) is 5.91 Å². The topological polar surface area (TPSA) is 91.2 Å². The highest BCUT2D eigenvalue weighted by Gasteiger charge is 2.24. The maximum Gasteiger partial charge on any atom is 0.407 e. The number of ether oxygens (including phenoxy) is 1. The molecule has 0 aliphatic rings. The molecule has 150 valence electrons. The lowest BCUT2D eigenvalue weighted by atomic mass is 10.0.